The summed E-state index contributed by atoms with van der Waals surface area (Å²) in [7, 11) is 1.48. The number of carbonyl (C=O) groups excluding carboxylic acids is 3. The maximum atomic E-state index is 11.7. The summed E-state index contributed by atoms with van der Waals surface area (Å²) in [5.74, 6) is -1.37. The fourth-order valence-corrected chi connectivity index (χ4v) is 1.48. The first-order chi connectivity index (χ1) is 11.0. The predicted octanol–water partition coefficient (Wildman–Crippen LogP) is -0.459. The Hall–Kier alpha value is -2.68. The third-order valence-corrected chi connectivity index (χ3v) is 2.60. The molecule has 0 bridgehead atoms. The second-order valence-corrected chi connectivity index (χ2v) is 4.57. The number of methoxy groups -OCH3 is 1. The number of rotatable bonds is 8. The molecule has 0 atom stereocenters. The van der Waals surface area contributed by atoms with E-state index in [4.69, 9.17) is 9.15 Å². The Labute approximate surface area is 133 Å². The molecule has 0 aliphatic carbocycles. The molecular weight excluding hydrogens is 304 g/mol. The lowest BCUT2D eigenvalue weighted by atomic mass is 10.3. The lowest BCUT2D eigenvalue weighted by molar-refractivity contribution is -0.139. The van der Waals surface area contributed by atoms with Crippen LogP contribution in [0, 0.1) is 0 Å². The maximum absolute atomic E-state index is 11.7. The van der Waals surface area contributed by atoms with Gasteiger partial charge in [-0.3, -0.25) is 14.4 Å². The van der Waals surface area contributed by atoms with Crippen molar-refractivity contribution in [3.8, 4) is 0 Å². The molecule has 1 rings (SSSR count). The average molecular weight is 324 g/mol. The van der Waals surface area contributed by atoms with Gasteiger partial charge >= 0.3 is 11.8 Å². The average Bonchev–Trinajstić information content (AvgIpc) is 3.04. The third kappa shape index (κ3) is 7.77. The van der Waals surface area contributed by atoms with Crippen molar-refractivity contribution in [3.05, 3.63) is 24.2 Å². The van der Waals surface area contributed by atoms with Gasteiger partial charge in [0.2, 0.25) is 5.91 Å². The predicted molar refractivity (Wildman–Crippen MR) is 81.3 cm³/mol. The van der Waals surface area contributed by atoms with Crippen molar-refractivity contribution >= 4 is 23.4 Å². The maximum Gasteiger partial charge on any atom is 0.329 e. The van der Waals surface area contributed by atoms with Gasteiger partial charge in [0, 0.05) is 19.4 Å². The summed E-state index contributed by atoms with van der Waals surface area (Å²) >= 11 is 0. The first kappa shape index (κ1) is 18.4. The van der Waals surface area contributed by atoms with Gasteiger partial charge < -0.3 is 19.8 Å². The smallest absolute Gasteiger partial charge is 0.329 e. The molecular formula is C14H20N4O5. The van der Waals surface area contributed by atoms with Crippen LogP contribution in [0.4, 0.5) is 0 Å². The van der Waals surface area contributed by atoms with Crippen molar-refractivity contribution in [1.82, 2.24) is 16.1 Å². The van der Waals surface area contributed by atoms with Gasteiger partial charge in [-0.2, -0.15) is 5.10 Å². The zero-order chi connectivity index (χ0) is 17.1. The number of hydrogen-bond acceptors (Lipinski definition) is 6. The van der Waals surface area contributed by atoms with Crippen molar-refractivity contribution < 1.29 is 23.5 Å². The molecule has 126 valence electrons. The van der Waals surface area contributed by atoms with Gasteiger partial charge in [0.15, 0.2) is 0 Å². The molecule has 0 unspecified atom stereocenters. The van der Waals surface area contributed by atoms with Gasteiger partial charge in [-0.05, 0) is 19.1 Å². The minimum Gasteiger partial charge on any atom is -0.467 e. The van der Waals surface area contributed by atoms with Crippen molar-refractivity contribution in [2.75, 3.05) is 20.3 Å². The van der Waals surface area contributed by atoms with Crippen molar-refractivity contribution in [2.45, 2.75) is 19.9 Å². The summed E-state index contributed by atoms with van der Waals surface area (Å²) in [4.78, 5) is 34.4. The molecule has 9 nitrogen and oxygen atoms in total. The van der Waals surface area contributed by atoms with E-state index in [9.17, 15) is 14.4 Å². The van der Waals surface area contributed by atoms with Gasteiger partial charge in [-0.1, -0.05) is 0 Å². The lowest BCUT2D eigenvalue weighted by Crippen LogP contribution is -2.39. The summed E-state index contributed by atoms with van der Waals surface area (Å²) < 4.78 is 9.82. The normalized spacial score (nSPS) is 11.0. The van der Waals surface area contributed by atoms with Crippen molar-refractivity contribution in [2.24, 2.45) is 5.10 Å². The van der Waals surface area contributed by atoms with Crippen LogP contribution in [0.3, 0.4) is 0 Å². The fourth-order valence-electron chi connectivity index (χ4n) is 1.48. The molecule has 1 aromatic heterocycles. The molecule has 3 N–H and O–H groups in total. The summed E-state index contributed by atoms with van der Waals surface area (Å²) in [6.07, 6.45) is 1.51. The summed E-state index contributed by atoms with van der Waals surface area (Å²) in [5.41, 5.74) is 2.44. The molecule has 0 radical (unpaired) electrons. The molecule has 9 heteroatoms. The molecule has 0 spiro atoms. The molecule has 0 aromatic carbocycles. The van der Waals surface area contributed by atoms with Crippen molar-refractivity contribution in [3.63, 3.8) is 0 Å². The number of amides is 3. The van der Waals surface area contributed by atoms with E-state index in [-0.39, 0.29) is 25.4 Å². The Morgan fingerprint density at radius 1 is 1.26 bits per heavy atom. The highest BCUT2D eigenvalue weighted by Gasteiger charge is 2.12. The molecule has 1 heterocycles. The van der Waals surface area contributed by atoms with E-state index in [0.717, 1.165) is 0 Å². The van der Waals surface area contributed by atoms with E-state index in [0.29, 0.717) is 18.1 Å². The third-order valence-electron chi connectivity index (χ3n) is 2.60. The van der Waals surface area contributed by atoms with Gasteiger partial charge in [-0.25, -0.2) is 5.43 Å². The Morgan fingerprint density at radius 2 is 2.04 bits per heavy atom. The molecule has 1 aromatic rings. The molecule has 0 saturated heterocycles. The topological polar surface area (TPSA) is 122 Å². The SMILES string of the molecule is COCCNC(=O)C(=O)NN=C(C)CC(=O)NCc1ccco1. The van der Waals surface area contributed by atoms with Crippen LogP contribution in [0.2, 0.25) is 0 Å². The standard InChI is InChI=1S/C14H20N4O5/c1-10(8-12(19)16-9-11-4-3-6-23-11)17-18-14(21)13(20)15-5-7-22-2/h3-4,6H,5,7-9H2,1-2H3,(H,15,20)(H,16,19)(H,18,21). The number of nitrogens with zero attached hydrogens (tertiary/aromatic N) is 1. The summed E-state index contributed by atoms with van der Waals surface area (Å²) in [6, 6.07) is 3.46. The van der Waals surface area contributed by atoms with Crippen LogP contribution in [-0.4, -0.2) is 43.7 Å². The second-order valence-electron chi connectivity index (χ2n) is 4.57. The summed E-state index contributed by atoms with van der Waals surface area (Å²) in [5, 5.41) is 8.69. The number of carbonyl (C=O) groups is 3. The number of furan rings is 1. The van der Waals surface area contributed by atoms with Crippen LogP contribution in [0.5, 0.6) is 0 Å². The Balaban J connectivity index is 2.28. The zero-order valence-electron chi connectivity index (χ0n) is 13.0. The van der Waals surface area contributed by atoms with Crippen LogP contribution >= 0.6 is 0 Å². The fraction of sp³-hybridized carbons (Fsp3) is 0.429. The van der Waals surface area contributed by atoms with E-state index in [2.05, 4.69) is 21.2 Å². The zero-order valence-corrected chi connectivity index (χ0v) is 13.0. The first-order valence-corrected chi connectivity index (χ1v) is 6.92. The van der Waals surface area contributed by atoms with Gasteiger partial charge in [0.1, 0.15) is 5.76 Å². The van der Waals surface area contributed by atoms with Gasteiger partial charge in [0.25, 0.3) is 0 Å². The summed E-state index contributed by atoms with van der Waals surface area (Å²) in [6.45, 7) is 2.36. The van der Waals surface area contributed by atoms with Crippen LogP contribution in [0.25, 0.3) is 0 Å². The van der Waals surface area contributed by atoms with Gasteiger partial charge in [-0.15, -0.1) is 0 Å². The Morgan fingerprint density at radius 3 is 2.70 bits per heavy atom. The largest absolute Gasteiger partial charge is 0.467 e. The number of nitrogens with one attached hydrogen (secondary N) is 3. The number of ether oxygens (including phenoxy) is 1. The van der Waals surface area contributed by atoms with Crippen LogP contribution in [-0.2, 0) is 25.7 Å². The van der Waals surface area contributed by atoms with Crippen LogP contribution in [0.1, 0.15) is 19.1 Å². The Kier molecular flexibility index (Phi) is 8.08. The first-order valence-electron chi connectivity index (χ1n) is 6.92. The molecule has 23 heavy (non-hydrogen) atoms. The van der Waals surface area contributed by atoms with Crippen molar-refractivity contribution in [1.29, 1.82) is 0 Å². The van der Waals surface area contributed by atoms with E-state index in [1.54, 1.807) is 19.1 Å². The highest BCUT2D eigenvalue weighted by molar-refractivity contribution is 6.35. The van der Waals surface area contributed by atoms with E-state index in [1.165, 1.54) is 13.4 Å². The second kappa shape index (κ2) is 10.1. The van der Waals surface area contributed by atoms with Crippen LogP contribution in [0.15, 0.2) is 27.9 Å². The highest BCUT2D eigenvalue weighted by atomic mass is 16.5. The van der Waals surface area contributed by atoms with Gasteiger partial charge in [0.05, 0.1) is 25.8 Å². The number of hydrazone groups is 1. The molecule has 0 fully saturated rings. The monoisotopic (exact) mass is 324 g/mol. The Bertz CT molecular complexity index is 554. The molecule has 0 aliphatic rings. The quantitative estimate of drug-likeness (QED) is 0.258. The number of hydrogen-bond donors (Lipinski definition) is 3. The molecule has 0 aliphatic heterocycles. The minimum atomic E-state index is -0.906. The van der Waals surface area contributed by atoms with E-state index in [1.807, 2.05) is 0 Å². The highest BCUT2D eigenvalue weighted by Crippen LogP contribution is 1.98. The van der Waals surface area contributed by atoms with E-state index >= 15 is 0 Å². The molecule has 3 amide bonds. The minimum absolute atomic E-state index is 0.00766. The van der Waals surface area contributed by atoms with Crippen LogP contribution < -0.4 is 16.1 Å². The molecule has 0 saturated carbocycles. The van der Waals surface area contributed by atoms with E-state index < -0.39 is 11.8 Å². The lowest BCUT2D eigenvalue weighted by Gasteiger charge is -2.05.